The molecular weight excluding hydrogens is 366 g/mol. The van der Waals surface area contributed by atoms with Crippen LogP contribution >= 0.6 is 0 Å². The van der Waals surface area contributed by atoms with E-state index in [4.69, 9.17) is 4.74 Å². The van der Waals surface area contributed by atoms with Crippen LogP contribution in [0.25, 0.3) is 0 Å². The molecule has 138 valence electrons. The maximum Gasteiger partial charge on any atom is 0.275 e. The lowest BCUT2D eigenvalue weighted by atomic mass is 10.1. The summed E-state index contributed by atoms with van der Waals surface area (Å²) in [5.41, 5.74) is 1.67. The highest BCUT2D eigenvalue weighted by molar-refractivity contribution is 7.86. The Morgan fingerprint density at radius 2 is 1.48 bits per heavy atom. The molecule has 7 nitrogen and oxygen atoms in total. The molecule has 27 heavy (non-hydrogen) atoms. The van der Waals surface area contributed by atoms with Gasteiger partial charge in [0.1, 0.15) is 11.1 Å². The molecule has 0 saturated heterocycles. The molecule has 1 atom stereocenters. The zero-order chi connectivity index (χ0) is 18.9. The van der Waals surface area contributed by atoms with Crippen LogP contribution in [0.15, 0.2) is 67.0 Å². The van der Waals surface area contributed by atoms with E-state index >= 15 is 0 Å². The Morgan fingerprint density at radius 3 is 2.04 bits per heavy atom. The third kappa shape index (κ3) is 3.49. The maximum atomic E-state index is 11.9. The van der Waals surface area contributed by atoms with Crippen LogP contribution in [0.4, 0.5) is 11.4 Å². The fourth-order valence-corrected chi connectivity index (χ4v) is 3.95. The third-order valence-electron chi connectivity index (χ3n) is 4.38. The number of hydrogen-bond donors (Lipinski definition) is 1. The number of aromatic nitrogens is 2. The minimum absolute atomic E-state index is 0.0785. The van der Waals surface area contributed by atoms with Crippen LogP contribution in [0.1, 0.15) is 17.5 Å². The first-order valence-corrected chi connectivity index (χ1v) is 9.91. The van der Waals surface area contributed by atoms with E-state index in [9.17, 15) is 13.0 Å². The van der Waals surface area contributed by atoms with Crippen molar-refractivity contribution in [1.82, 2.24) is 9.97 Å². The van der Waals surface area contributed by atoms with E-state index in [1.54, 1.807) is 6.07 Å². The highest BCUT2D eigenvalue weighted by Crippen LogP contribution is 2.46. The predicted molar refractivity (Wildman–Crippen MR) is 101 cm³/mol. The summed E-state index contributed by atoms with van der Waals surface area (Å²) in [6, 6.07) is 16.7. The van der Waals surface area contributed by atoms with E-state index in [2.05, 4.69) is 9.97 Å². The Kier molecular flexibility index (Phi) is 4.51. The summed E-state index contributed by atoms with van der Waals surface area (Å²) in [6.07, 6.45) is 3.03. The van der Waals surface area contributed by atoms with Crippen molar-refractivity contribution in [3.8, 4) is 11.5 Å². The summed E-state index contributed by atoms with van der Waals surface area (Å²) >= 11 is 0. The lowest BCUT2D eigenvalue weighted by molar-refractivity contribution is 0.458. The summed E-state index contributed by atoms with van der Waals surface area (Å²) < 4.78 is 39.5. The molecule has 2 heterocycles. The molecule has 1 unspecified atom stereocenters. The van der Waals surface area contributed by atoms with Crippen molar-refractivity contribution in [3.63, 3.8) is 0 Å². The van der Waals surface area contributed by atoms with E-state index in [0.29, 0.717) is 18.0 Å². The van der Waals surface area contributed by atoms with Crippen molar-refractivity contribution in [2.75, 3.05) is 11.4 Å². The largest absolute Gasteiger partial charge is 0.453 e. The molecule has 0 amide bonds. The van der Waals surface area contributed by atoms with Gasteiger partial charge in [-0.25, -0.2) is 9.97 Å². The first-order valence-electron chi connectivity index (χ1n) is 8.41. The number of ether oxygens (including phenoxy) is 1. The van der Waals surface area contributed by atoms with Crippen molar-refractivity contribution in [2.45, 2.75) is 11.7 Å². The van der Waals surface area contributed by atoms with Crippen LogP contribution in [0.2, 0.25) is 0 Å². The monoisotopic (exact) mass is 383 g/mol. The molecular formula is C19H17N3O4S. The first kappa shape index (κ1) is 17.4. The first-order chi connectivity index (χ1) is 13.0. The molecule has 4 rings (SSSR count). The van der Waals surface area contributed by atoms with Gasteiger partial charge in [0.05, 0.1) is 11.4 Å². The average molecular weight is 383 g/mol. The number of nitrogens with zero attached hydrogens (tertiary/aromatic N) is 3. The summed E-state index contributed by atoms with van der Waals surface area (Å²) in [6.45, 7) is 0.333. The molecule has 1 aliphatic heterocycles. The van der Waals surface area contributed by atoms with E-state index in [1.165, 1.54) is 12.4 Å². The minimum Gasteiger partial charge on any atom is -0.453 e. The summed E-state index contributed by atoms with van der Waals surface area (Å²) in [5.74, 6) is 1.46. The van der Waals surface area contributed by atoms with Gasteiger partial charge in [-0.1, -0.05) is 24.3 Å². The molecule has 0 fully saturated rings. The minimum atomic E-state index is -4.36. The Balaban J connectivity index is 1.68. The molecule has 0 aliphatic carbocycles. The summed E-state index contributed by atoms with van der Waals surface area (Å²) in [5, 5.41) is -1.21. The van der Waals surface area contributed by atoms with Gasteiger partial charge in [-0.2, -0.15) is 8.42 Å². The van der Waals surface area contributed by atoms with Crippen molar-refractivity contribution in [3.05, 3.63) is 72.8 Å². The standard InChI is InChI=1S/C19H17N3O4S/c23-27(24,25)18(19-20-11-5-12-21-19)10-13-22-14-6-1-3-8-16(14)26-17-9-4-2-7-15(17)22/h1-9,11-12,18H,10,13H2,(H,23,24,25). The molecule has 8 heteroatoms. The summed E-state index contributed by atoms with van der Waals surface area (Å²) in [4.78, 5) is 9.99. The van der Waals surface area contributed by atoms with Crippen LogP contribution in [-0.2, 0) is 10.1 Å². The second kappa shape index (κ2) is 6.98. The smallest absolute Gasteiger partial charge is 0.275 e. The van der Waals surface area contributed by atoms with Crippen molar-refractivity contribution in [1.29, 1.82) is 0 Å². The van der Waals surface area contributed by atoms with Gasteiger partial charge in [0.25, 0.3) is 10.1 Å². The van der Waals surface area contributed by atoms with Crippen LogP contribution in [0, 0.1) is 0 Å². The Hall–Kier alpha value is -2.97. The quantitative estimate of drug-likeness (QED) is 0.671. The zero-order valence-corrected chi connectivity index (χ0v) is 15.1. The molecule has 1 aliphatic rings. The van der Waals surface area contributed by atoms with Gasteiger partial charge < -0.3 is 9.64 Å². The van der Waals surface area contributed by atoms with Gasteiger partial charge in [-0.05, 0) is 36.8 Å². The van der Waals surface area contributed by atoms with Gasteiger partial charge in [0.2, 0.25) is 0 Å². The topological polar surface area (TPSA) is 92.6 Å². The highest BCUT2D eigenvalue weighted by Gasteiger charge is 2.30. The normalized spacial score (nSPS) is 14.0. The number of rotatable bonds is 5. The number of para-hydroxylation sites is 4. The number of anilines is 2. The van der Waals surface area contributed by atoms with Crippen LogP contribution < -0.4 is 9.64 Å². The maximum absolute atomic E-state index is 11.9. The Bertz CT molecular complexity index is 1010. The fourth-order valence-electron chi connectivity index (χ4n) is 3.16. The number of hydrogen-bond acceptors (Lipinski definition) is 6. The second-order valence-electron chi connectivity index (χ2n) is 6.09. The molecule has 0 spiro atoms. The number of fused-ring (bicyclic) bond motifs is 2. The van der Waals surface area contributed by atoms with Gasteiger partial charge in [-0.3, -0.25) is 4.55 Å². The molecule has 0 saturated carbocycles. The molecule has 0 bridgehead atoms. The zero-order valence-electron chi connectivity index (χ0n) is 14.3. The molecule has 1 aromatic heterocycles. The number of benzene rings is 2. The molecule has 2 aromatic carbocycles. The SMILES string of the molecule is O=S(=O)(O)C(CCN1c2ccccc2Oc2ccccc21)c1ncccn1. The van der Waals surface area contributed by atoms with E-state index in [0.717, 1.165) is 11.4 Å². The lowest BCUT2D eigenvalue weighted by Crippen LogP contribution is -2.26. The second-order valence-corrected chi connectivity index (χ2v) is 7.69. The fraction of sp³-hybridized carbons (Fsp3) is 0.158. The Morgan fingerprint density at radius 1 is 0.926 bits per heavy atom. The van der Waals surface area contributed by atoms with Crippen LogP contribution in [-0.4, -0.2) is 29.5 Å². The molecule has 1 N–H and O–H groups in total. The van der Waals surface area contributed by atoms with Crippen molar-refractivity contribution >= 4 is 21.5 Å². The molecule has 0 radical (unpaired) electrons. The van der Waals surface area contributed by atoms with Crippen molar-refractivity contribution < 1.29 is 17.7 Å². The molecule has 3 aromatic rings. The Labute approximate surface area is 157 Å². The van der Waals surface area contributed by atoms with Gasteiger partial charge in [0, 0.05) is 18.9 Å². The van der Waals surface area contributed by atoms with Crippen LogP contribution in [0.5, 0.6) is 11.5 Å². The third-order valence-corrected chi connectivity index (χ3v) is 5.55. The lowest BCUT2D eigenvalue weighted by Gasteiger charge is -2.33. The van der Waals surface area contributed by atoms with Crippen molar-refractivity contribution in [2.24, 2.45) is 0 Å². The van der Waals surface area contributed by atoms with E-state index in [1.807, 2.05) is 53.4 Å². The van der Waals surface area contributed by atoms with Gasteiger partial charge in [0.15, 0.2) is 11.5 Å². The highest BCUT2D eigenvalue weighted by atomic mass is 32.2. The van der Waals surface area contributed by atoms with E-state index < -0.39 is 15.4 Å². The predicted octanol–water partition coefficient (Wildman–Crippen LogP) is 3.74. The van der Waals surface area contributed by atoms with Gasteiger partial charge >= 0.3 is 0 Å². The van der Waals surface area contributed by atoms with Crippen LogP contribution in [0.3, 0.4) is 0 Å². The average Bonchev–Trinajstić information content (AvgIpc) is 2.67. The van der Waals surface area contributed by atoms with E-state index in [-0.39, 0.29) is 12.2 Å². The van der Waals surface area contributed by atoms with Gasteiger partial charge in [-0.15, -0.1) is 0 Å². The summed E-state index contributed by atoms with van der Waals surface area (Å²) in [7, 11) is -4.36.